The van der Waals surface area contributed by atoms with Crippen molar-refractivity contribution in [1.82, 2.24) is 4.98 Å². The van der Waals surface area contributed by atoms with Gasteiger partial charge in [0.05, 0.1) is 7.11 Å². The van der Waals surface area contributed by atoms with Crippen LogP contribution in [0.3, 0.4) is 0 Å². The zero-order valence-corrected chi connectivity index (χ0v) is 7.13. The molecule has 0 aromatic carbocycles. The van der Waals surface area contributed by atoms with Crippen LogP contribution in [-0.4, -0.2) is 25.9 Å². The fourth-order valence-electron chi connectivity index (χ4n) is 0.706. The fraction of sp³-hybridized carbons (Fsp3) is 0.143. The van der Waals surface area contributed by atoms with Gasteiger partial charge < -0.3 is 4.74 Å². The van der Waals surface area contributed by atoms with Crippen molar-refractivity contribution in [3.05, 3.63) is 23.0 Å². The third-order valence-corrected chi connectivity index (χ3v) is 1.48. The van der Waals surface area contributed by atoms with E-state index >= 15 is 0 Å². The maximum absolute atomic E-state index is 11.0. The van der Waals surface area contributed by atoms with Crippen LogP contribution in [0.2, 0.25) is 5.15 Å². The van der Waals surface area contributed by atoms with Crippen LogP contribution in [0.5, 0.6) is 0 Å². The summed E-state index contributed by atoms with van der Waals surface area (Å²) in [5, 5.41) is 0.213. The third kappa shape index (κ3) is 1.77. The zero-order chi connectivity index (χ0) is 9.14. The number of ether oxygens (including phenoxy) is 1. The minimum absolute atomic E-state index is 0.0463. The van der Waals surface area contributed by atoms with Crippen molar-refractivity contribution in [2.75, 3.05) is 7.11 Å². The van der Waals surface area contributed by atoms with E-state index < -0.39 is 5.97 Å². The van der Waals surface area contributed by atoms with Crippen LogP contribution in [0.15, 0.2) is 12.1 Å². The summed E-state index contributed by atoms with van der Waals surface area (Å²) in [7, 11) is 6.70. The average molecular weight is 181 g/mol. The van der Waals surface area contributed by atoms with Crippen molar-refractivity contribution in [2.45, 2.75) is 0 Å². The predicted molar refractivity (Wildman–Crippen MR) is 46.0 cm³/mol. The Hall–Kier alpha value is -1.03. The molecule has 60 valence electrons. The van der Waals surface area contributed by atoms with Gasteiger partial charge in [-0.15, -0.1) is 0 Å². The molecule has 0 aliphatic rings. The first-order chi connectivity index (χ1) is 5.65. The number of hydrogen-bond donors (Lipinski definition) is 0. The number of hydrogen-bond acceptors (Lipinski definition) is 3. The van der Waals surface area contributed by atoms with E-state index in [2.05, 4.69) is 9.72 Å². The average Bonchev–Trinajstić information content (AvgIpc) is 2.08. The second-order valence-electron chi connectivity index (χ2n) is 2.06. The van der Waals surface area contributed by atoms with Gasteiger partial charge in [0.25, 0.3) is 0 Å². The highest BCUT2D eigenvalue weighted by atomic mass is 35.5. The summed E-state index contributed by atoms with van der Waals surface area (Å²) in [4.78, 5) is 14.7. The van der Waals surface area contributed by atoms with E-state index in [1.54, 1.807) is 0 Å². The molecule has 0 N–H and O–H groups in total. The van der Waals surface area contributed by atoms with E-state index in [4.69, 9.17) is 19.4 Å². The molecular weight excluding hydrogens is 176 g/mol. The molecule has 0 aliphatic carbocycles. The van der Waals surface area contributed by atoms with Crippen LogP contribution in [0, 0.1) is 0 Å². The van der Waals surface area contributed by atoms with Crippen LogP contribution < -0.4 is 5.46 Å². The molecule has 5 heteroatoms. The van der Waals surface area contributed by atoms with E-state index in [9.17, 15) is 4.79 Å². The van der Waals surface area contributed by atoms with Gasteiger partial charge in [-0.1, -0.05) is 23.1 Å². The third-order valence-electron chi connectivity index (χ3n) is 1.27. The lowest BCUT2D eigenvalue weighted by Crippen LogP contribution is -2.19. The van der Waals surface area contributed by atoms with E-state index in [1.807, 2.05) is 0 Å². The molecule has 0 aliphatic heterocycles. The Kier molecular flexibility index (Phi) is 2.71. The number of carbonyl (C=O) groups is 1. The molecule has 0 saturated carbocycles. The molecule has 0 saturated heterocycles. The molecule has 0 unspecified atom stereocenters. The van der Waals surface area contributed by atoms with Crippen molar-refractivity contribution in [2.24, 2.45) is 0 Å². The van der Waals surface area contributed by atoms with E-state index in [1.165, 1.54) is 19.2 Å². The summed E-state index contributed by atoms with van der Waals surface area (Å²) < 4.78 is 4.43. The van der Waals surface area contributed by atoms with Crippen LogP contribution in [-0.2, 0) is 4.74 Å². The summed E-state index contributed by atoms with van der Waals surface area (Å²) in [6.45, 7) is 0. The lowest BCUT2D eigenvalue weighted by Gasteiger charge is -2.02. The van der Waals surface area contributed by atoms with Crippen LogP contribution in [0.25, 0.3) is 0 Å². The van der Waals surface area contributed by atoms with Crippen molar-refractivity contribution in [3.63, 3.8) is 0 Å². The van der Waals surface area contributed by atoms with Gasteiger partial charge in [-0.25, -0.2) is 9.78 Å². The molecule has 0 spiro atoms. The zero-order valence-electron chi connectivity index (χ0n) is 6.37. The van der Waals surface area contributed by atoms with E-state index in [0.29, 0.717) is 0 Å². The largest absolute Gasteiger partial charge is 0.464 e. The number of rotatable bonds is 1. The highest BCUT2D eigenvalue weighted by Gasteiger charge is 2.10. The Bertz CT molecular complexity index is 316. The molecule has 1 aromatic heterocycles. The minimum atomic E-state index is -0.588. The maximum atomic E-state index is 11.0. The van der Waals surface area contributed by atoms with Gasteiger partial charge in [0.2, 0.25) is 0 Å². The number of nitrogens with zero attached hydrogens (tertiary/aromatic N) is 1. The van der Waals surface area contributed by atoms with Gasteiger partial charge in [0.15, 0.2) is 0 Å². The second-order valence-corrected chi connectivity index (χ2v) is 2.45. The first-order valence-corrected chi connectivity index (χ1v) is 3.53. The van der Waals surface area contributed by atoms with E-state index in [0.717, 1.165) is 0 Å². The molecule has 2 radical (unpaired) electrons. The Balaban J connectivity index is 3.13. The van der Waals surface area contributed by atoms with Gasteiger partial charge >= 0.3 is 5.97 Å². The maximum Gasteiger partial charge on any atom is 0.356 e. The second kappa shape index (κ2) is 3.58. The van der Waals surface area contributed by atoms with E-state index in [-0.39, 0.29) is 16.3 Å². The molecule has 0 bridgehead atoms. The number of esters is 1. The van der Waals surface area contributed by atoms with Crippen LogP contribution in [0.1, 0.15) is 10.5 Å². The molecule has 12 heavy (non-hydrogen) atoms. The number of carbonyl (C=O) groups excluding carboxylic acids is 1. The number of methoxy groups -OCH3 is 1. The minimum Gasteiger partial charge on any atom is -0.464 e. The quantitative estimate of drug-likeness (QED) is 0.356. The van der Waals surface area contributed by atoms with Gasteiger partial charge in [-0.2, -0.15) is 0 Å². The molecule has 3 nitrogen and oxygen atoms in total. The summed E-state index contributed by atoms with van der Waals surface area (Å²) >= 11 is 5.54. The smallest absolute Gasteiger partial charge is 0.356 e. The summed E-state index contributed by atoms with van der Waals surface area (Å²) in [6, 6.07) is 3.00. The van der Waals surface area contributed by atoms with Crippen molar-refractivity contribution >= 4 is 30.9 Å². The SMILES string of the molecule is [B]c1ccc(Cl)nc1C(=O)OC. The Labute approximate surface area is 76.1 Å². The highest BCUT2D eigenvalue weighted by molar-refractivity contribution is 6.36. The molecule has 1 rings (SSSR count). The van der Waals surface area contributed by atoms with Gasteiger partial charge in [0, 0.05) is 0 Å². The van der Waals surface area contributed by atoms with Gasteiger partial charge in [-0.3, -0.25) is 0 Å². The molecular formula is C7H5BClNO2. The van der Waals surface area contributed by atoms with Crippen molar-refractivity contribution in [1.29, 1.82) is 0 Å². The van der Waals surface area contributed by atoms with Crippen LogP contribution >= 0.6 is 11.6 Å². The van der Waals surface area contributed by atoms with Crippen molar-refractivity contribution < 1.29 is 9.53 Å². The predicted octanol–water partition coefficient (Wildman–Crippen LogP) is 0.315. The summed E-state index contributed by atoms with van der Waals surface area (Å²) in [6.07, 6.45) is 0. The molecule has 0 atom stereocenters. The summed E-state index contributed by atoms with van der Waals surface area (Å²) in [5.74, 6) is -0.588. The normalized spacial score (nSPS) is 9.50. The monoisotopic (exact) mass is 181 g/mol. The topological polar surface area (TPSA) is 39.2 Å². The lowest BCUT2D eigenvalue weighted by molar-refractivity contribution is 0.0596. The standard InChI is InChI=1S/C7H5BClNO2/c1-12-7(11)6-4(8)2-3-5(9)10-6/h2-3H,1H3. The lowest BCUT2D eigenvalue weighted by atomic mass is 9.94. The number of halogens is 1. The van der Waals surface area contributed by atoms with Gasteiger partial charge in [-0.05, 0) is 6.07 Å². The first-order valence-electron chi connectivity index (χ1n) is 3.15. The fourth-order valence-corrected chi connectivity index (χ4v) is 0.854. The Morgan fingerprint density at radius 1 is 1.67 bits per heavy atom. The first kappa shape index (κ1) is 9.07. The Morgan fingerprint density at radius 3 is 2.92 bits per heavy atom. The highest BCUT2D eigenvalue weighted by Crippen LogP contribution is 2.03. The Morgan fingerprint density at radius 2 is 2.33 bits per heavy atom. The molecule has 1 heterocycles. The molecule has 0 amide bonds. The van der Waals surface area contributed by atoms with Gasteiger partial charge in [0.1, 0.15) is 18.7 Å². The number of pyridine rings is 1. The number of aromatic nitrogens is 1. The van der Waals surface area contributed by atoms with Crippen molar-refractivity contribution in [3.8, 4) is 0 Å². The summed E-state index contributed by atoms with van der Waals surface area (Å²) in [5.41, 5.74) is 0.302. The molecule has 1 aromatic rings. The molecule has 0 fully saturated rings. The van der Waals surface area contributed by atoms with Crippen LogP contribution in [0.4, 0.5) is 0 Å².